The molecule has 3 aromatic rings. The summed E-state index contributed by atoms with van der Waals surface area (Å²) in [5.74, 6) is 1.80. The zero-order valence-corrected chi connectivity index (χ0v) is 15.6. The Balaban J connectivity index is 1.88. The normalized spacial score (nSPS) is 10.4. The lowest BCUT2D eigenvalue weighted by Crippen LogP contribution is -2.30. The standard InChI is InChI=1S/C22H23NO4/c1-3-26-21-14-18(11-12-20(21)25-2)22(24)23(16-19-10-7-13-27-19)15-17-8-5-4-6-9-17/h4-14H,3,15-16H2,1-2H3. The Labute approximate surface area is 159 Å². The number of hydrogen-bond donors (Lipinski definition) is 0. The third-order valence-corrected chi connectivity index (χ3v) is 4.14. The van der Waals surface area contributed by atoms with E-state index in [4.69, 9.17) is 13.9 Å². The zero-order chi connectivity index (χ0) is 19.1. The predicted molar refractivity (Wildman–Crippen MR) is 103 cm³/mol. The molecular formula is C22H23NO4. The van der Waals surface area contributed by atoms with Crippen LogP contribution in [-0.2, 0) is 13.1 Å². The van der Waals surface area contributed by atoms with E-state index in [-0.39, 0.29) is 5.91 Å². The van der Waals surface area contributed by atoms with Gasteiger partial charge in [-0.3, -0.25) is 4.79 Å². The van der Waals surface area contributed by atoms with E-state index in [1.807, 2.05) is 49.4 Å². The molecule has 0 radical (unpaired) electrons. The maximum atomic E-state index is 13.2. The lowest BCUT2D eigenvalue weighted by molar-refractivity contribution is 0.0717. The van der Waals surface area contributed by atoms with Gasteiger partial charge < -0.3 is 18.8 Å². The number of hydrogen-bond acceptors (Lipinski definition) is 4. The van der Waals surface area contributed by atoms with E-state index in [1.165, 1.54) is 0 Å². The monoisotopic (exact) mass is 365 g/mol. The Bertz CT molecular complexity index is 859. The topological polar surface area (TPSA) is 51.9 Å². The molecule has 0 saturated heterocycles. The molecule has 1 aromatic heterocycles. The van der Waals surface area contributed by atoms with Gasteiger partial charge in [-0.2, -0.15) is 0 Å². The molecule has 0 saturated carbocycles. The number of benzene rings is 2. The first-order valence-electron chi connectivity index (χ1n) is 8.87. The molecule has 27 heavy (non-hydrogen) atoms. The van der Waals surface area contributed by atoms with E-state index in [2.05, 4.69) is 0 Å². The van der Waals surface area contributed by atoms with Crippen LogP contribution in [0, 0.1) is 0 Å². The summed E-state index contributed by atoms with van der Waals surface area (Å²) in [4.78, 5) is 15.0. The molecule has 2 aromatic carbocycles. The fourth-order valence-corrected chi connectivity index (χ4v) is 2.85. The number of carbonyl (C=O) groups excluding carboxylic acids is 1. The average Bonchev–Trinajstić information content (AvgIpc) is 3.21. The first-order chi connectivity index (χ1) is 13.2. The summed E-state index contributed by atoms with van der Waals surface area (Å²) >= 11 is 0. The Morgan fingerprint density at radius 1 is 1.00 bits per heavy atom. The SMILES string of the molecule is CCOc1cc(C(=O)N(Cc2ccccc2)Cc2ccco2)ccc1OC. The van der Waals surface area contributed by atoms with Crippen LogP contribution >= 0.6 is 0 Å². The van der Waals surface area contributed by atoms with Gasteiger partial charge in [0.1, 0.15) is 5.76 Å². The second-order valence-electron chi connectivity index (χ2n) is 6.02. The van der Waals surface area contributed by atoms with Crippen LogP contribution in [0.3, 0.4) is 0 Å². The number of furan rings is 1. The third kappa shape index (κ3) is 4.70. The van der Waals surface area contributed by atoms with E-state index in [0.717, 1.165) is 11.3 Å². The Hall–Kier alpha value is -3.21. The minimum atomic E-state index is -0.0983. The maximum absolute atomic E-state index is 13.2. The summed E-state index contributed by atoms with van der Waals surface area (Å²) in [7, 11) is 1.58. The van der Waals surface area contributed by atoms with Crippen molar-refractivity contribution in [3.05, 3.63) is 83.8 Å². The van der Waals surface area contributed by atoms with Gasteiger partial charge in [0.25, 0.3) is 5.91 Å². The molecule has 5 nitrogen and oxygen atoms in total. The second-order valence-corrected chi connectivity index (χ2v) is 6.02. The van der Waals surface area contributed by atoms with Crippen LogP contribution in [0.4, 0.5) is 0 Å². The molecule has 3 rings (SSSR count). The van der Waals surface area contributed by atoms with E-state index >= 15 is 0 Å². The third-order valence-electron chi connectivity index (χ3n) is 4.14. The van der Waals surface area contributed by atoms with Crippen LogP contribution < -0.4 is 9.47 Å². The van der Waals surface area contributed by atoms with Gasteiger partial charge in [-0.05, 0) is 42.8 Å². The van der Waals surface area contributed by atoms with Crippen molar-refractivity contribution in [2.75, 3.05) is 13.7 Å². The first-order valence-corrected chi connectivity index (χ1v) is 8.87. The molecule has 1 amide bonds. The molecule has 0 fully saturated rings. The Morgan fingerprint density at radius 2 is 1.81 bits per heavy atom. The minimum absolute atomic E-state index is 0.0983. The lowest BCUT2D eigenvalue weighted by atomic mass is 10.1. The molecule has 0 bridgehead atoms. The summed E-state index contributed by atoms with van der Waals surface area (Å²) < 4.78 is 16.4. The number of nitrogens with zero attached hydrogens (tertiary/aromatic N) is 1. The maximum Gasteiger partial charge on any atom is 0.254 e. The Kier molecular flexibility index (Phi) is 6.15. The molecule has 0 unspecified atom stereocenters. The molecule has 0 aliphatic carbocycles. The molecule has 1 heterocycles. The van der Waals surface area contributed by atoms with Crippen molar-refractivity contribution in [3.8, 4) is 11.5 Å². The average molecular weight is 365 g/mol. The van der Waals surface area contributed by atoms with Gasteiger partial charge in [0.15, 0.2) is 11.5 Å². The Morgan fingerprint density at radius 3 is 2.48 bits per heavy atom. The number of rotatable bonds is 8. The van der Waals surface area contributed by atoms with E-state index < -0.39 is 0 Å². The fourth-order valence-electron chi connectivity index (χ4n) is 2.85. The highest BCUT2D eigenvalue weighted by Gasteiger charge is 2.19. The van der Waals surface area contributed by atoms with Gasteiger partial charge in [-0.25, -0.2) is 0 Å². The van der Waals surface area contributed by atoms with Crippen LogP contribution in [0.2, 0.25) is 0 Å². The van der Waals surface area contributed by atoms with Crippen molar-refractivity contribution < 1.29 is 18.7 Å². The summed E-state index contributed by atoms with van der Waals surface area (Å²) in [6, 6.07) is 18.8. The van der Waals surface area contributed by atoms with E-state index in [9.17, 15) is 4.79 Å². The van der Waals surface area contributed by atoms with Crippen LogP contribution in [0.1, 0.15) is 28.6 Å². The summed E-state index contributed by atoms with van der Waals surface area (Å²) in [6.45, 7) is 3.26. The van der Waals surface area contributed by atoms with E-state index in [1.54, 1.807) is 36.5 Å². The molecule has 140 valence electrons. The van der Waals surface area contributed by atoms with Crippen LogP contribution in [-0.4, -0.2) is 24.5 Å². The van der Waals surface area contributed by atoms with Crippen molar-refractivity contribution >= 4 is 5.91 Å². The smallest absolute Gasteiger partial charge is 0.254 e. The molecular weight excluding hydrogens is 342 g/mol. The van der Waals surface area contributed by atoms with Crippen molar-refractivity contribution in [3.63, 3.8) is 0 Å². The quantitative estimate of drug-likeness (QED) is 0.588. The van der Waals surface area contributed by atoms with Crippen molar-refractivity contribution in [1.82, 2.24) is 4.90 Å². The van der Waals surface area contributed by atoms with Crippen molar-refractivity contribution in [2.24, 2.45) is 0 Å². The van der Waals surface area contributed by atoms with Crippen molar-refractivity contribution in [2.45, 2.75) is 20.0 Å². The summed E-state index contributed by atoms with van der Waals surface area (Å²) in [5.41, 5.74) is 1.60. The van der Waals surface area contributed by atoms with Gasteiger partial charge in [-0.15, -0.1) is 0 Å². The van der Waals surface area contributed by atoms with Gasteiger partial charge in [0.05, 0.1) is 26.5 Å². The van der Waals surface area contributed by atoms with Gasteiger partial charge in [-0.1, -0.05) is 30.3 Å². The molecule has 0 spiro atoms. The molecule has 5 heteroatoms. The number of carbonyl (C=O) groups is 1. The number of ether oxygens (including phenoxy) is 2. The molecule has 0 N–H and O–H groups in total. The zero-order valence-electron chi connectivity index (χ0n) is 15.6. The number of methoxy groups -OCH3 is 1. The molecule has 0 aliphatic rings. The van der Waals surface area contributed by atoms with Crippen LogP contribution in [0.25, 0.3) is 0 Å². The molecule has 0 aliphatic heterocycles. The highest BCUT2D eigenvalue weighted by Crippen LogP contribution is 2.29. The van der Waals surface area contributed by atoms with Gasteiger partial charge >= 0.3 is 0 Å². The predicted octanol–water partition coefficient (Wildman–Crippen LogP) is 4.53. The fraction of sp³-hybridized carbons (Fsp3) is 0.227. The largest absolute Gasteiger partial charge is 0.493 e. The number of amides is 1. The second kappa shape index (κ2) is 8.94. The minimum Gasteiger partial charge on any atom is -0.493 e. The highest BCUT2D eigenvalue weighted by molar-refractivity contribution is 5.94. The lowest BCUT2D eigenvalue weighted by Gasteiger charge is -2.22. The summed E-state index contributed by atoms with van der Waals surface area (Å²) in [5, 5.41) is 0. The van der Waals surface area contributed by atoms with Crippen LogP contribution in [0.15, 0.2) is 71.3 Å². The highest BCUT2D eigenvalue weighted by atomic mass is 16.5. The van der Waals surface area contributed by atoms with Crippen molar-refractivity contribution in [1.29, 1.82) is 0 Å². The van der Waals surface area contributed by atoms with Gasteiger partial charge in [0.2, 0.25) is 0 Å². The van der Waals surface area contributed by atoms with Gasteiger partial charge in [0, 0.05) is 12.1 Å². The molecule has 0 atom stereocenters. The van der Waals surface area contributed by atoms with E-state index in [0.29, 0.717) is 36.8 Å². The van der Waals surface area contributed by atoms with Crippen LogP contribution in [0.5, 0.6) is 11.5 Å². The first kappa shape index (κ1) is 18.6. The summed E-state index contributed by atoms with van der Waals surface area (Å²) in [6.07, 6.45) is 1.61.